The van der Waals surface area contributed by atoms with Crippen LogP contribution in [0.5, 0.6) is 0 Å². The van der Waals surface area contributed by atoms with Crippen molar-refractivity contribution in [2.24, 2.45) is 0 Å². The number of nitrogens with zero attached hydrogens (tertiary/aromatic N) is 3. The molecule has 0 amide bonds. The maximum Gasteiger partial charge on any atom is 0.164 e. The van der Waals surface area contributed by atoms with E-state index in [9.17, 15) is 5.48 Å². The third kappa shape index (κ3) is 4.84. The van der Waals surface area contributed by atoms with Crippen molar-refractivity contribution in [1.29, 1.82) is 0 Å². The lowest BCUT2D eigenvalue weighted by molar-refractivity contribution is 0.669. The molecule has 0 unspecified atom stereocenters. The molecule has 9 rings (SSSR count). The molecule has 7 aromatic carbocycles. The standard InChI is InChI=1S/C43H27N3O/c1-3-12-28(13-4-1)30-24-25-34-31(26-30)17-10-21-36(34)43-45-41(29-14-5-2-6-15-29)44-42(46-43)33-18-9-16-32(27-33)35-20-11-23-39-40(35)37-19-7-8-22-38(37)47-39/h1-27H/i1D,2D,3D,4D,5D,6D,9D,10D,12D,13D,14D,15D,16D,17D,18D,21D,24D,25D,26D,27D. The first-order valence-electron chi connectivity index (χ1n) is 24.1. The predicted octanol–water partition coefficient (Wildman–Crippen LogP) is 11.3. The van der Waals surface area contributed by atoms with E-state index in [0.717, 1.165) is 0 Å². The summed E-state index contributed by atoms with van der Waals surface area (Å²) in [5, 5.41) is -0.128. The Labute approximate surface area is 299 Å². The number of hydrogen-bond acceptors (Lipinski definition) is 4. The van der Waals surface area contributed by atoms with Gasteiger partial charge in [0.2, 0.25) is 0 Å². The first-order valence-corrected chi connectivity index (χ1v) is 14.1. The number of hydrogen-bond donors (Lipinski definition) is 0. The highest BCUT2D eigenvalue weighted by Crippen LogP contribution is 2.38. The molecule has 0 N–H and O–H groups in total. The first kappa shape index (κ1) is 13.5. The van der Waals surface area contributed by atoms with Crippen molar-refractivity contribution in [3.63, 3.8) is 0 Å². The van der Waals surface area contributed by atoms with Crippen molar-refractivity contribution >= 4 is 32.7 Å². The van der Waals surface area contributed by atoms with Gasteiger partial charge in [-0.25, -0.2) is 15.0 Å². The Morgan fingerprint density at radius 1 is 0.426 bits per heavy atom. The summed E-state index contributed by atoms with van der Waals surface area (Å²) in [4.78, 5) is 13.3. The molecule has 0 spiro atoms. The largest absolute Gasteiger partial charge is 0.456 e. The van der Waals surface area contributed by atoms with Gasteiger partial charge in [-0.2, -0.15) is 0 Å². The molecule has 0 saturated carbocycles. The van der Waals surface area contributed by atoms with E-state index >= 15 is 0 Å². The second kappa shape index (κ2) is 11.2. The predicted molar refractivity (Wildman–Crippen MR) is 192 cm³/mol. The molecule has 0 saturated heterocycles. The summed E-state index contributed by atoms with van der Waals surface area (Å²) >= 11 is 0. The zero-order valence-electron chi connectivity index (χ0n) is 43.8. The summed E-state index contributed by atoms with van der Waals surface area (Å²) in [6.45, 7) is 0. The highest BCUT2D eigenvalue weighted by Gasteiger charge is 2.17. The van der Waals surface area contributed by atoms with Gasteiger partial charge in [-0.05, 0) is 57.2 Å². The monoisotopic (exact) mass is 621 g/mol. The van der Waals surface area contributed by atoms with Crippen molar-refractivity contribution in [3.8, 4) is 56.4 Å². The maximum absolute atomic E-state index is 9.62. The molecular weight excluding hydrogens is 574 g/mol. The number of fused-ring (bicyclic) bond motifs is 4. The van der Waals surface area contributed by atoms with Gasteiger partial charge < -0.3 is 4.42 Å². The van der Waals surface area contributed by atoms with Crippen molar-refractivity contribution < 1.29 is 31.8 Å². The van der Waals surface area contributed by atoms with E-state index in [2.05, 4.69) is 15.0 Å². The van der Waals surface area contributed by atoms with Gasteiger partial charge in [0.1, 0.15) is 11.2 Å². The number of aromatic nitrogens is 3. The van der Waals surface area contributed by atoms with Gasteiger partial charge in [-0.3, -0.25) is 0 Å². The minimum atomic E-state index is -0.899. The molecule has 0 fully saturated rings. The summed E-state index contributed by atoms with van der Waals surface area (Å²) in [5.41, 5.74) is -2.19. The van der Waals surface area contributed by atoms with Gasteiger partial charge in [0.25, 0.3) is 0 Å². The third-order valence-electron chi connectivity index (χ3n) is 7.29. The van der Waals surface area contributed by atoms with Crippen molar-refractivity contribution in [1.82, 2.24) is 15.0 Å². The molecule has 2 heterocycles. The van der Waals surface area contributed by atoms with E-state index in [1.54, 1.807) is 42.5 Å². The zero-order chi connectivity index (χ0) is 48.6. The van der Waals surface area contributed by atoms with Crippen LogP contribution < -0.4 is 0 Å². The van der Waals surface area contributed by atoms with Crippen LogP contribution in [0.25, 0.3) is 89.1 Å². The molecule has 9 aromatic rings. The highest BCUT2D eigenvalue weighted by molar-refractivity contribution is 6.12. The molecule has 47 heavy (non-hydrogen) atoms. The topological polar surface area (TPSA) is 51.8 Å². The second-order valence-electron chi connectivity index (χ2n) is 10.1. The highest BCUT2D eigenvalue weighted by atomic mass is 16.3. The number of benzene rings is 7. The molecule has 4 heteroatoms. The van der Waals surface area contributed by atoms with E-state index in [1.165, 1.54) is 0 Å². The fraction of sp³-hybridized carbons (Fsp3) is 0. The fourth-order valence-corrected chi connectivity index (χ4v) is 5.22. The van der Waals surface area contributed by atoms with E-state index in [4.69, 9.17) is 26.3 Å². The fourth-order valence-electron chi connectivity index (χ4n) is 5.22. The van der Waals surface area contributed by atoms with Gasteiger partial charge in [0, 0.05) is 27.5 Å². The molecule has 4 nitrogen and oxygen atoms in total. The molecule has 0 aliphatic carbocycles. The van der Waals surface area contributed by atoms with Crippen LogP contribution in [0.3, 0.4) is 0 Å². The Hall–Kier alpha value is -6.39. The molecule has 2 aromatic heterocycles. The number of rotatable bonds is 5. The van der Waals surface area contributed by atoms with E-state index < -0.39 is 177 Å². The van der Waals surface area contributed by atoms with Crippen LogP contribution in [0.1, 0.15) is 27.4 Å². The lowest BCUT2D eigenvalue weighted by Crippen LogP contribution is -2.00. The average molecular weight is 622 g/mol. The summed E-state index contributed by atoms with van der Waals surface area (Å²) < 4.78 is 182. The van der Waals surface area contributed by atoms with Gasteiger partial charge in [0.15, 0.2) is 17.5 Å². The minimum Gasteiger partial charge on any atom is -0.456 e. The van der Waals surface area contributed by atoms with Gasteiger partial charge in [0.05, 0.1) is 27.4 Å². The molecule has 220 valence electrons. The van der Waals surface area contributed by atoms with Crippen LogP contribution in [0.2, 0.25) is 0 Å². The Kier molecular flexibility index (Phi) is 3.23. The van der Waals surface area contributed by atoms with Gasteiger partial charge in [-0.15, -0.1) is 0 Å². The van der Waals surface area contributed by atoms with E-state index in [1.807, 2.05) is 0 Å². The molecular formula is C43H27N3O. The van der Waals surface area contributed by atoms with Gasteiger partial charge in [-0.1, -0.05) is 139 Å². The molecule has 0 aliphatic rings. The Bertz CT molecular complexity index is 3670. The van der Waals surface area contributed by atoms with E-state index in [-0.39, 0.29) is 11.1 Å². The molecule has 0 radical (unpaired) electrons. The quantitative estimate of drug-likeness (QED) is 0.192. The Morgan fingerprint density at radius 3 is 1.96 bits per heavy atom. The minimum absolute atomic E-state index is 0.176. The molecule has 0 aliphatic heterocycles. The van der Waals surface area contributed by atoms with Crippen LogP contribution in [0.4, 0.5) is 0 Å². The van der Waals surface area contributed by atoms with Crippen molar-refractivity contribution in [3.05, 3.63) is 163 Å². The maximum atomic E-state index is 9.62. The Balaban J connectivity index is 1.43. The van der Waals surface area contributed by atoms with Crippen LogP contribution in [-0.4, -0.2) is 15.0 Å². The lowest BCUT2D eigenvalue weighted by Gasteiger charge is -2.12. The average Bonchev–Trinajstić information content (AvgIpc) is 3.70. The molecule has 0 bridgehead atoms. The third-order valence-corrected chi connectivity index (χ3v) is 7.29. The normalized spacial score (nSPS) is 17.4. The Morgan fingerprint density at radius 2 is 1.11 bits per heavy atom. The second-order valence-corrected chi connectivity index (χ2v) is 10.1. The van der Waals surface area contributed by atoms with Crippen LogP contribution >= 0.6 is 0 Å². The van der Waals surface area contributed by atoms with E-state index in [0.29, 0.717) is 21.9 Å². The number of furan rings is 1. The van der Waals surface area contributed by atoms with Crippen LogP contribution in [-0.2, 0) is 0 Å². The first-order chi connectivity index (χ1) is 31.6. The van der Waals surface area contributed by atoms with Crippen molar-refractivity contribution in [2.75, 3.05) is 0 Å². The zero-order valence-corrected chi connectivity index (χ0v) is 23.8. The smallest absolute Gasteiger partial charge is 0.164 e. The summed E-state index contributed by atoms with van der Waals surface area (Å²) in [5.74, 6) is -2.12. The summed E-state index contributed by atoms with van der Waals surface area (Å²) in [6, 6.07) is -4.11. The molecule has 0 atom stereocenters. The SMILES string of the molecule is [2H]c1c([2H])c([2H])c(-c2nc(-c3c([2H])c([2H])c([2H])c(-c4cccc5oc6ccccc6c45)c3[2H])nc(-c3c([2H])c([2H])c([2H])c4c([2H])c(-c5c([2H])c([2H])c([2H])c([2H])c5[2H])c([2H])c([2H])c34)n2)c([2H])c1[2H]. The van der Waals surface area contributed by atoms with Crippen LogP contribution in [0, 0.1) is 0 Å². The van der Waals surface area contributed by atoms with Gasteiger partial charge >= 0.3 is 0 Å². The van der Waals surface area contributed by atoms with Crippen LogP contribution in [0.15, 0.2) is 168 Å². The van der Waals surface area contributed by atoms with Crippen molar-refractivity contribution in [2.45, 2.75) is 0 Å². The summed E-state index contributed by atoms with van der Waals surface area (Å²) in [7, 11) is 0. The number of para-hydroxylation sites is 1. The lowest BCUT2D eigenvalue weighted by atomic mass is 9.97. The summed E-state index contributed by atoms with van der Waals surface area (Å²) in [6.07, 6.45) is 0.